The topological polar surface area (TPSA) is 123 Å². The molecule has 6 N–H and O–H groups in total. The molecule has 1 aromatic carbocycles. The Bertz CT molecular complexity index is 571. The predicted octanol–water partition coefficient (Wildman–Crippen LogP) is -0.653. The Kier molecular flexibility index (Phi) is 7.30. The Morgan fingerprint density at radius 2 is 2.00 bits per heavy atom. The molecule has 1 aromatic rings. The van der Waals surface area contributed by atoms with E-state index in [2.05, 4.69) is 15.6 Å². The first-order chi connectivity index (χ1) is 10.5. The molecule has 0 heterocycles. The zero-order chi connectivity index (χ0) is 16.5. The summed E-state index contributed by atoms with van der Waals surface area (Å²) in [5.74, 6) is -1.23. The molecule has 22 heavy (non-hydrogen) atoms. The minimum absolute atomic E-state index is 0.0988. The Morgan fingerprint density at radius 3 is 2.55 bits per heavy atom. The van der Waals surface area contributed by atoms with Crippen LogP contribution in [-0.4, -0.2) is 42.7 Å². The molecular formula is C14H19N5O2S. The van der Waals surface area contributed by atoms with Gasteiger partial charge in [-0.1, -0.05) is 24.4 Å². The summed E-state index contributed by atoms with van der Waals surface area (Å²) in [6, 6.07) is 5.71. The van der Waals surface area contributed by atoms with Crippen LogP contribution in [0.15, 0.2) is 29.3 Å². The summed E-state index contributed by atoms with van der Waals surface area (Å²) in [5.41, 5.74) is 11.8. The van der Waals surface area contributed by atoms with Crippen LogP contribution in [0.25, 0.3) is 0 Å². The number of carbonyl (C=O) groups excluding carboxylic acids is 2. The number of benzene rings is 1. The molecule has 0 aliphatic heterocycles. The Labute approximate surface area is 134 Å². The van der Waals surface area contributed by atoms with Gasteiger partial charge in [0.15, 0.2) is 0 Å². The lowest BCUT2D eigenvalue weighted by molar-refractivity contribution is -0.117. The van der Waals surface area contributed by atoms with Crippen LogP contribution in [0.1, 0.15) is 15.9 Å². The van der Waals surface area contributed by atoms with Crippen LogP contribution in [0.3, 0.4) is 0 Å². The fourth-order valence-corrected chi connectivity index (χ4v) is 1.69. The minimum Gasteiger partial charge on any atom is -0.368 e. The predicted molar refractivity (Wildman–Crippen MR) is 89.8 cm³/mol. The van der Waals surface area contributed by atoms with Crippen molar-refractivity contribution < 1.29 is 9.59 Å². The molecule has 0 fully saturated rings. The number of hydrogen-bond acceptors (Lipinski definition) is 6. The van der Waals surface area contributed by atoms with Gasteiger partial charge in [0.05, 0.1) is 6.54 Å². The number of nitrogens with zero attached hydrogens (tertiary/aromatic N) is 1. The Morgan fingerprint density at radius 1 is 1.36 bits per heavy atom. The van der Waals surface area contributed by atoms with Crippen LogP contribution < -0.4 is 22.1 Å². The van der Waals surface area contributed by atoms with E-state index in [0.717, 1.165) is 5.56 Å². The molecule has 0 aromatic heterocycles. The maximum absolute atomic E-state index is 11.9. The Hall–Kier alpha value is -2.16. The third kappa shape index (κ3) is 5.68. The lowest BCUT2D eigenvalue weighted by Gasteiger charge is -2.11. The van der Waals surface area contributed by atoms with E-state index >= 15 is 0 Å². The molecule has 1 unspecified atom stereocenters. The lowest BCUT2D eigenvalue weighted by Crippen LogP contribution is -2.49. The monoisotopic (exact) mass is 321 g/mol. The molecule has 7 nitrogen and oxygen atoms in total. The van der Waals surface area contributed by atoms with Crippen molar-refractivity contribution >= 4 is 35.2 Å². The smallest absolute Gasteiger partial charge is 0.256 e. The van der Waals surface area contributed by atoms with Gasteiger partial charge in [-0.15, -0.1) is 0 Å². The second-order valence-corrected chi connectivity index (χ2v) is 4.92. The number of primary amides is 1. The van der Waals surface area contributed by atoms with Crippen molar-refractivity contribution in [3.63, 3.8) is 0 Å². The summed E-state index contributed by atoms with van der Waals surface area (Å²) >= 11 is 4.85. The number of aliphatic imine (C=N–C) groups is 1. The molecule has 0 radical (unpaired) electrons. The van der Waals surface area contributed by atoms with Crippen molar-refractivity contribution in [2.75, 3.05) is 13.6 Å². The maximum atomic E-state index is 11.9. The van der Waals surface area contributed by atoms with Crippen LogP contribution in [0, 0.1) is 0 Å². The van der Waals surface area contributed by atoms with E-state index in [4.69, 9.17) is 23.7 Å². The average Bonchev–Trinajstić information content (AvgIpc) is 2.51. The van der Waals surface area contributed by atoms with Crippen LogP contribution in [0.2, 0.25) is 0 Å². The first-order valence-electron chi connectivity index (χ1n) is 6.57. The highest BCUT2D eigenvalue weighted by molar-refractivity contribution is 7.80. The highest BCUT2D eigenvalue weighted by atomic mass is 32.1. The van der Waals surface area contributed by atoms with E-state index in [1.54, 1.807) is 30.5 Å². The van der Waals surface area contributed by atoms with Crippen molar-refractivity contribution in [1.82, 2.24) is 10.6 Å². The van der Waals surface area contributed by atoms with E-state index in [1.807, 2.05) is 7.05 Å². The van der Waals surface area contributed by atoms with Crippen molar-refractivity contribution in [3.8, 4) is 0 Å². The summed E-state index contributed by atoms with van der Waals surface area (Å²) in [7, 11) is 1.84. The molecule has 8 heteroatoms. The second-order valence-electron chi connectivity index (χ2n) is 4.48. The molecule has 0 saturated carbocycles. The summed E-state index contributed by atoms with van der Waals surface area (Å²) in [4.78, 5) is 27.0. The van der Waals surface area contributed by atoms with Gasteiger partial charge < -0.3 is 22.1 Å². The number of hydrogen-bond donors (Lipinski definition) is 4. The van der Waals surface area contributed by atoms with Gasteiger partial charge in [-0.2, -0.15) is 0 Å². The minimum atomic E-state index is -1.18. The van der Waals surface area contributed by atoms with Gasteiger partial charge in [0, 0.05) is 18.3 Å². The van der Waals surface area contributed by atoms with Gasteiger partial charge in [0.2, 0.25) is 5.91 Å². The van der Waals surface area contributed by atoms with E-state index in [0.29, 0.717) is 18.7 Å². The SMILES string of the molecule is CNCC=NCc1ccc(C(=O)NC(=S)C(N)C(N)=O)cc1. The number of nitrogens with one attached hydrogen (secondary N) is 2. The lowest BCUT2D eigenvalue weighted by atomic mass is 10.1. The molecule has 0 bridgehead atoms. The second kappa shape index (κ2) is 8.98. The maximum Gasteiger partial charge on any atom is 0.256 e. The number of nitrogens with two attached hydrogens (primary N) is 2. The molecule has 1 atom stereocenters. The normalized spacial score (nSPS) is 12.1. The largest absolute Gasteiger partial charge is 0.368 e. The van der Waals surface area contributed by atoms with Gasteiger partial charge in [-0.25, -0.2) is 0 Å². The van der Waals surface area contributed by atoms with Gasteiger partial charge in [0.25, 0.3) is 5.91 Å². The van der Waals surface area contributed by atoms with E-state index in [-0.39, 0.29) is 4.99 Å². The molecule has 0 aliphatic rings. The van der Waals surface area contributed by atoms with Gasteiger partial charge in [0.1, 0.15) is 11.0 Å². The summed E-state index contributed by atoms with van der Waals surface area (Å²) in [6.07, 6.45) is 1.78. The first kappa shape index (κ1) is 17.9. The fourth-order valence-electron chi connectivity index (χ4n) is 1.48. The summed E-state index contributed by atoms with van der Waals surface area (Å²) in [5, 5.41) is 5.34. The molecular weight excluding hydrogens is 302 g/mol. The zero-order valence-electron chi connectivity index (χ0n) is 12.2. The van der Waals surface area contributed by atoms with Crippen LogP contribution in [0.4, 0.5) is 0 Å². The summed E-state index contributed by atoms with van der Waals surface area (Å²) < 4.78 is 0. The van der Waals surface area contributed by atoms with Crippen molar-refractivity contribution in [2.24, 2.45) is 16.5 Å². The number of rotatable bonds is 7. The van der Waals surface area contributed by atoms with Gasteiger partial charge in [-0.05, 0) is 24.7 Å². The third-order valence-electron chi connectivity index (χ3n) is 2.74. The standard InChI is InChI=1S/C14H19N5O2S/c1-17-6-7-18-8-9-2-4-10(5-3-9)13(21)19-14(22)11(15)12(16)20/h2-5,7,11,17H,6,8,15H2,1H3,(H2,16,20)(H,19,21,22). The quantitative estimate of drug-likeness (QED) is 0.392. The van der Waals surface area contributed by atoms with Gasteiger partial charge in [-0.3, -0.25) is 14.6 Å². The van der Waals surface area contributed by atoms with E-state index in [9.17, 15) is 9.59 Å². The number of thiocarbonyl (C=S) groups is 1. The van der Waals surface area contributed by atoms with Crippen LogP contribution in [-0.2, 0) is 11.3 Å². The third-order valence-corrected chi connectivity index (χ3v) is 3.10. The van der Waals surface area contributed by atoms with Crippen molar-refractivity contribution in [1.29, 1.82) is 0 Å². The van der Waals surface area contributed by atoms with E-state index < -0.39 is 17.9 Å². The number of amides is 2. The highest BCUT2D eigenvalue weighted by Gasteiger charge is 2.18. The van der Waals surface area contributed by atoms with Crippen molar-refractivity contribution in [2.45, 2.75) is 12.6 Å². The van der Waals surface area contributed by atoms with Crippen LogP contribution >= 0.6 is 12.2 Å². The Balaban J connectivity index is 2.60. The molecule has 0 aliphatic carbocycles. The zero-order valence-corrected chi connectivity index (χ0v) is 13.0. The first-order valence-corrected chi connectivity index (χ1v) is 6.98. The molecule has 2 amide bonds. The van der Waals surface area contributed by atoms with Crippen LogP contribution in [0.5, 0.6) is 0 Å². The van der Waals surface area contributed by atoms with E-state index in [1.165, 1.54) is 0 Å². The average molecular weight is 321 g/mol. The van der Waals surface area contributed by atoms with Gasteiger partial charge >= 0.3 is 0 Å². The van der Waals surface area contributed by atoms with Crippen molar-refractivity contribution in [3.05, 3.63) is 35.4 Å². The molecule has 1 rings (SSSR count). The molecule has 0 spiro atoms. The molecule has 0 saturated heterocycles. The summed E-state index contributed by atoms with van der Waals surface area (Å²) in [6.45, 7) is 1.24. The number of carbonyl (C=O) groups is 2. The highest BCUT2D eigenvalue weighted by Crippen LogP contribution is 2.06. The molecule has 118 valence electrons. The fraction of sp³-hybridized carbons (Fsp3) is 0.286.